The van der Waals surface area contributed by atoms with E-state index in [2.05, 4.69) is 35.1 Å². The second-order valence-corrected chi connectivity index (χ2v) is 5.13. The predicted octanol–water partition coefficient (Wildman–Crippen LogP) is 3.70. The van der Waals surface area contributed by atoms with E-state index in [1.807, 2.05) is 18.2 Å². The Labute approximate surface area is 107 Å². The van der Waals surface area contributed by atoms with E-state index in [4.69, 9.17) is 5.73 Å². The molecule has 1 aromatic carbocycles. The number of nitrogens with two attached hydrogens (primary N) is 1. The molecule has 1 unspecified atom stereocenters. The van der Waals surface area contributed by atoms with Gasteiger partial charge in [0, 0.05) is 22.7 Å². The van der Waals surface area contributed by atoms with Crippen molar-refractivity contribution in [1.82, 2.24) is 5.32 Å². The molecule has 0 saturated heterocycles. The molecule has 0 radical (unpaired) electrons. The van der Waals surface area contributed by atoms with Crippen molar-refractivity contribution in [2.24, 2.45) is 0 Å². The van der Waals surface area contributed by atoms with Gasteiger partial charge >= 0.3 is 0 Å². The molecule has 0 spiro atoms. The number of nitrogens with one attached hydrogen (secondary N) is 1. The normalized spacial score (nSPS) is 12.7. The Morgan fingerprint density at radius 1 is 1.44 bits per heavy atom. The maximum absolute atomic E-state index is 5.77. The van der Waals surface area contributed by atoms with Crippen LogP contribution in [0.3, 0.4) is 0 Å². The van der Waals surface area contributed by atoms with Crippen molar-refractivity contribution in [2.75, 3.05) is 5.73 Å². The SMILES string of the molecule is CCCCC(C)NCc1cc(N)ccc1Br. The standard InChI is InChI=1S/C13H21BrN2/c1-3-4-5-10(2)16-9-11-8-12(15)6-7-13(11)14/h6-8,10,16H,3-5,9,15H2,1-2H3. The summed E-state index contributed by atoms with van der Waals surface area (Å²) in [5.74, 6) is 0. The predicted molar refractivity (Wildman–Crippen MR) is 74.4 cm³/mol. The lowest BCUT2D eigenvalue weighted by Gasteiger charge is -2.14. The van der Waals surface area contributed by atoms with E-state index in [0.29, 0.717) is 6.04 Å². The molecule has 0 saturated carbocycles. The van der Waals surface area contributed by atoms with Gasteiger partial charge < -0.3 is 11.1 Å². The molecule has 1 atom stereocenters. The van der Waals surface area contributed by atoms with Gasteiger partial charge in [-0.15, -0.1) is 0 Å². The summed E-state index contributed by atoms with van der Waals surface area (Å²) in [5, 5.41) is 3.52. The number of hydrogen-bond donors (Lipinski definition) is 2. The number of nitrogen functional groups attached to an aromatic ring is 1. The van der Waals surface area contributed by atoms with Crippen LogP contribution in [0.1, 0.15) is 38.7 Å². The summed E-state index contributed by atoms with van der Waals surface area (Å²) in [5.41, 5.74) is 7.81. The molecule has 3 N–H and O–H groups in total. The van der Waals surface area contributed by atoms with Gasteiger partial charge in [0.15, 0.2) is 0 Å². The van der Waals surface area contributed by atoms with Crippen LogP contribution in [-0.4, -0.2) is 6.04 Å². The van der Waals surface area contributed by atoms with Crippen LogP contribution < -0.4 is 11.1 Å². The van der Waals surface area contributed by atoms with Gasteiger partial charge in [0.1, 0.15) is 0 Å². The van der Waals surface area contributed by atoms with Crippen LogP contribution in [0, 0.1) is 0 Å². The van der Waals surface area contributed by atoms with Crippen LogP contribution in [0.4, 0.5) is 5.69 Å². The van der Waals surface area contributed by atoms with E-state index in [0.717, 1.165) is 16.7 Å². The number of hydrogen-bond acceptors (Lipinski definition) is 2. The fourth-order valence-corrected chi connectivity index (χ4v) is 2.01. The maximum Gasteiger partial charge on any atom is 0.0318 e. The van der Waals surface area contributed by atoms with Crippen LogP contribution in [0.5, 0.6) is 0 Å². The summed E-state index contributed by atoms with van der Waals surface area (Å²) in [4.78, 5) is 0. The van der Waals surface area contributed by atoms with Crippen LogP contribution in [0.25, 0.3) is 0 Å². The maximum atomic E-state index is 5.77. The molecule has 1 rings (SSSR count). The van der Waals surface area contributed by atoms with E-state index < -0.39 is 0 Å². The highest BCUT2D eigenvalue weighted by atomic mass is 79.9. The van der Waals surface area contributed by atoms with E-state index in [9.17, 15) is 0 Å². The van der Waals surface area contributed by atoms with Crippen molar-refractivity contribution in [2.45, 2.75) is 45.7 Å². The van der Waals surface area contributed by atoms with Crippen LogP contribution in [0.15, 0.2) is 22.7 Å². The summed E-state index contributed by atoms with van der Waals surface area (Å²) in [6, 6.07) is 6.49. The van der Waals surface area contributed by atoms with Gasteiger partial charge in [-0.3, -0.25) is 0 Å². The second-order valence-electron chi connectivity index (χ2n) is 4.28. The van der Waals surface area contributed by atoms with Gasteiger partial charge in [-0.25, -0.2) is 0 Å². The van der Waals surface area contributed by atoms with Crippen LogP contribution in [0.2, 0.25) is 0 Å². The third kappa shape index (κ3) is 4.54. The molecule has 2 nitrogen and oxygen atoms in total. The van der Waals surface area contributed by atoms with Gasteiger partial charge in [0.2, 0.25) is 0 Å². The highest BCUT2D eigenvalue weighted by molar-refractivity contribution is 9.10. The average molecular weight is 285 g/mol. The molecule has 90 valence electrons. The zero-order valence-electron chi connectivity index (χ0n) is 10.1. The topological polar surface area (TPSA) is 38.0 Å². The van der Waals surface area contributed by atoms with E-state index >= 15 is 0 Å². The number of benzene rings is 1. The van der Waals surface area contributed by atoms with Gasteiger partial charge in [-0.2, -0.15) is 0 Å². The monoisotopic (exact) mass is 284 g/mol. The second kappa shape index (κ2) is 6.92. The molecule has 16 heavy (non-hydrogen) atoms. The number of rotatable bonds is 6. The third-order valence-electron chi connectivity index (χ3n) is 2.70. The lowest BCUT2D eigenvalue weighted by atomic mass is 10.1. The van der Waals surface area contributed by atoms with Crippen molar-refractivity contribution in [3.63, 3.8) is 0 Å². The van der Waals surface area contributed by atoms with Gasteiger partial charge in [-0.05, 0) is 37.1 Å². The van der Waals surface area contributed by atoms with Crippen LogP contribution in [-0.2, 0) is 6.54 Å². The Hall–Kier alpha value is -0.540. The summed E-state index contributed by atoms with van der Waals surface area (Å²) in [6.45, 7) is 5.33. The summed E-state index contributed by atoms with van der Waals surface area (Å²) < 4.78 is 1.12. The Morgan fingerprint density at radius 3 is 2.88 bits per heavy atom. The van der Waals surface area contributed by atoms with Crippen molar-refractivity contribution < 1.29 is 0 Å². The molecular formula is C13H21BrN2. The fraction of sp³-hybridized carbons (Fsp3) is 0.538. The van der Waals surface area contributed by atoms with Crippen molar-refractivity contribution >= 4 is 21.6 Å². The molecule has 0 bridgehead atoms. The number of anilines is 1. The average Bonchev–Trinajstić information content (AvgIpc) is 2.27. The first kappa shape index (κ1) is 13.5. The van der Waals surface area contributed by atoms with E-state index in [-0.39, 0.29) is 0 Å². The number of halogens is 1. The first-order valence-electron chi connectivity index (χ1n) is 5.90. The molecule has 0 aliphatic carbocycles. The Bertz CT molecular complexity index is 326. The highest BCUT2D eigenvalue weighted by Crippen LogP contribution is 2.19. The zero-order chi connectivity index (χ0) is 12.0. The fourth-order valence-electron chi connectivity index (χ4n) is 1.63. The molecule has 0 amide bonds. The highest BCUT2D eigenvalue weighted by Gasteiger charge is 2.03. The minimum Gasteiger partial charge on any atom is -0.399 e. The first-order valence-corrected chi connectivity index (χ1v) is 6.70. The van der Waals surface area contributed by atoms with Crippen molar-refractivity contribution in [3.05, 3.63) is 28.2 Å². The van der Waals surface area contributed by atoms with Gasteiger partial charge in [0.05, 0.1) is 0 Å². The molecule has 3 heteroatoms. The van der Waals surface area contributed by atoms with Crippen LogP contribution >= 0.6 is 15.9 Å². The molecule has 0 fully saturated rings. The minimum atomic E-state index is 0.563. The van der Waals surface area contributed by atoms with Gasteiger partial charge in [-0.1, -0.05) is 35.7 Å². The lowest BCUT2D eigenvalue weighted by Crippen LogP contribution is -2.25. The summed E-state index contributed by atoms with van der Waals surface area (Å²) >= 11 is 3.54. The minimum absolute atomic E-state index is 0.563. The van der Waals surface area contributed by atoms with Gasteiger partial charge in [0.25, 0.3) is 0 Å². The quantitative estimate of drug-likeness (QED) is 0.782. The van der Waals surface area contributed by atoms with Crippen molar-refractivity contribution in [1.29, 1.82) is 0 Å². The first-order chi connectivity index (χ1) is 7.63. The third-order valence-corrected chi connectivity index (χ3v) is 3.48. The lowest BCUT2D eigenvalue weighted by molar-refractivity contribution is 0.494. The molecular weight excluding hydrogens is 264 g/mol. The smallest absolute Gasteiger partial charge is 0.0318 e. The molecule has 0 aromatic heterocycles. The summed E-state index contributed by atoms with van der Waals surface area (Å²) in [7, 11) is 0. The Morgan fingerprint density at radius 2 is 2.19 bits per heavy atom. The molecule has 0 heterocycles. The largest absolute Gasteiger partial charge is 0.399 e. The Kier molecular flexibility index (Phi) is 5.85. The molecule has 0 aliphatic heterocycles. The number of unbranched alkanes of at least 4 members (excludes halogenated alkanes) is 1. The van der Waals surface area contributed by atoms with E-state index in [1.54, 1.807) is 0 Å². The van der Waals surface area contributed by atoms with E-state index in [1.165, 1.54) is 24.8 Å². The molecule has 0 aliphatic rings. The molecule has 1 aromatic rings. The zero-order valence-corrected chi connectivity index (χ0v) is 11.7. The Balaban J connectivity index is 2.44. The summed E-state index contributed by atoms with van der Waals surface area (Å²) in [6.07, 6.45) is 3.77. The van der Waals surface area contributed by atoms with Crippen molar-refractivity contribution in [3.8, 4) is 0 Å².